The van der Waals surface area contributed by atoms with Gasteiger partial charge in [0.25, 0.3) is 0 Å². The molecule has 1 aromatic rings. The summed E-state index contributed by atoms with van der Waals surface area (Å²) >= 11 is 0. The zero-order chi connectivity index (χ0) is 14.8. The van der Waals surface area contributed by atoms with Gasteiger partial charge >= 0.3 is 0 Å². The molecule has 2 nitrogen and oxygen atoms in total. The SMILES string of the molecule is CC[C@@H](N)c1ccc(N2CC=C(C(C)(C)C)CC2)cc1. The molecule has 1 aliphatic rings. The second-order valence-electron chi connectivity index (χ2n) is 6.78. The summed E-state index contributed by atoms with van der Waals surface area (Å²) in [6.45, 7) is 11.2. The predicted octanol–water partition coefficient (Wildman–Crippen LogP) is 4.28. The fraction of sp³-hybridized carbons (Fsp3) is 0.556. The number of nitrogens with zero attached hydrogens (tertiary/aromatic N) is 1. The van der Waals surface area contributed by atoms with E-state index in [1.165, 1.54) is 17.7 Å². The maximum atomic E-state index is 6.07. The van der Waals surface area contributed by atoms with Gasteiger partial charge in [-0.15, -0.1) is 0 Å². The van der Waals surface area contributed by atoms with Crippen molar-refractivity contribution in [2.24, 2.45) is 11.1 Å². The van der Waals surface area contributed by atoms with Gasteiger partial charge in [0.05, 0.1) is 0 Å². The molecule has 1 heterocycles. The third-order valence-corrected chi connectivity index (χ3v) is 4.30. The monoisotopic (exact) mass is 272 g/mol. The number of anilines is 1. The minimum Gasteiger partial charge on any atom is -0.367 e. The van der Waals surface area contributed by atoms with Crippen molar-refractivity contribution in [2.45, 2.75) is 46.6 Å². The minimum absolute atomic E-state index is 0.165. The second kappa shape index (κ2) is 6.01. The molecule has 0 aromatic heterocycles. The number of rotatable bonds is 3. The molecule has 1 atom stereocenters. The third-order valence-electron chi connectivity index (χ3n) is 4.30. The van der Waals surface area contributed by atoms with Crippen molar-refractivity contribution in [1.82, 2.24) is 0 Å². The Hall–Kier alpha value is -1.28. The van der Waals surface area contributed by atoms with Crippen LogP contribution in [0.3, 0.4) is 0 Å². The first-order valence-corrected chi connectivity index (χ1v) is 7.72. The first-order valence-electron chi connectivity index (χ1n) is 7.72. The fourth-order valence-corrected chi connectivity index (χ4v) is 2.75. The van der Waals surface area contributed by atoms with Crippen LogP contribution in [0.15, 0.2) is 35.9 Å². The van der Waals surface area contributed by atoms with Crippen molar-refractivity contribution in [3.63, 3.8) is 0 Å². The largest absolute Gasteiger partial charge is 0.367 e. The fourth-order valence-electron chi connectivity index (χ4n) is 2.75. The summed E-state index contributed by atoms with van der Waals surface area (Å²) in [6.07, 6.45) is 4.55. The first kappa shape index (κ1) is 15.1. The Kier molecular flexibility index (Phi) is 4.54. The van der Waals surface area contributed by atoms with Gasteiger partial charge in [-0.3, -0.25) is 0 Å². The van der Waals surface area contributed by atoms with Crippen LogP contribution in [0, 0.1) is 5.41 Å². The summed E-state index contributed by atoms with van der Waals surface area (Å²) in [5.74, 6) is 0. The van der Waals surface area contributed by atoms with E-state index in [4.69, 9.17) is 5.73 Å². The van der Waals surface area contributed by atoms with Crippen LogP contribution >= 0.6 is 0 Å². The lowest BCUT2D eigenvalue weighted by atomic mass is 9.83. The highest BCUT2D eigenvalue weighted by Crippen LogP contribution is 2.31. The van der Waals surface area contributed by atoms with Gasteiger partial charge in [0, 0.05) is 24.8 Å². The normalized spacial score (nSPS) is 17.9. The Morgan fingerprint density at radius 3 is 2.30 bits per heavy atom. The zero-order valence-corrected chi connectivity index (χ0v) is 13.3. The molecule has 110 valence electrons. The number of nitrogens with two attached hydrogens (primary N) is 1. The topological polar surface area (TPSA) is 29.3 Å². The van der Waals surface area contributed by atoms with Gasteiger partial charge in [-0.1, -0.05) is 51.5 Å². The van der Waals surface area contributed by atoms with Crippen LogP contribution < -0.4 is 10.6 Å². The van der Waals surface area contributed by atoms with Gasteiger partial charge in [0.1, 0.15) is 0 Å². The van der Waals surface area contributed by atoms with E-state index in [2.05, 4.69) is 62.9 Å². The predicted molar refractivity (Wildman–Crippen MR) is 88.0 cm³/mol. The summed E-state index contributed by atoms with van der Waals surface area (Å²) in [5.41, 5.74) is 10.5. The van der Waals surface area contributed by atoms with Crippen molar-refractivity contribution in [1.29, 1.82) is 0 Å². The van der Waals surface area contributed by atoms with Crippen LogP contribution in [-0.2, 0) is 0 Å². The quantitative estimate of drug-likeness (QED) is 0.832. The molecule has 2 N–H and O–H groups in total. The van der Waals surface area contributed by atoms with Gasteiger partial charge in [0.2, 0.25) is 0 Å². The molecule has 0 spiro atoms. The lowest BCUT2D eigenvalue weighted by Crippen LogP contribution is -2.31. The maximum absolute atomic E-state index is 6.07. The number of hydrogen-bond acceptors (Lipinski definition) is 2. The number of benzene rings is 1. The average molecular weight is 272 g/mol. The van der Waals surface area contributed by atoms with Crippen LogP contribution in [0.2, 0.25) is 0 Å². The molecule has 20 heavy (non-hydrogen) atoms. The molecule has 0 amide bonds. The van der Waals surface area contributed by atoms with E-state index >= 15 is 0 Å². The molecule has 0 saturated carbocycles. The third kappa shape index (κ3) is 3.43. The van der Waals surface area contributed by atoms with Gasteiger partial charge < -0.3 is 10.6 Å². The lowest BCUT2D eigenvalue weighted by molar-refractivity contribution is 0.472. The highest BCUT2D eigenvalue weighted by atomic mass is 15.1. The second-order valence-corrected chi connectivity index (χ2v) is 6.78. The average Bonchev–Trinajstić information content (AvgIpc) is 2.46. The number of hydrogen-bond donors (Lipinski definition) is 1. The Labute approximate surface area is 123 Å². The Morgan fingerprint density at radius 2 is 1.85 bits per heavy atom. The molecular weight excluding hydrogens is 244 g/mol. The van der Waals surface area contributed by atoms with Gasteiger partial charge in [-0.2, -0.15) is 0 Å². The highest BCUT2D eigenvalue weighted by Gasteiger charge is 2.21. The van der Waals surface area contributed by atoms with Crippen molar-refractivity contribution in [2.75, 3.05) is 18.0 Å². The van der Waals surface area contributed by atoms with E-state index in [1.807, 2.05) is 0 Å². The van der Waals surface area contributed by atoms with Crippen LogP contribution in [0.1, 0.15) is 52.1 Å². The molecule has 0 fully saturated rings. The van der Waals surface area contributed by atoms with Crippen molar-refractivity contribution >= 4 is 5.69 Å². The molecular formula is C18H28N2. The Morgan fingerprint density at radius 1 is 1.20 bits per heavy atom. The standard InChI is InChI=1S/C18H28N2/c1-5-17(19)14-6-8-16(9-7-14)20-12-10-15(11-13-20)18(2,3)4/h6-10,17H,5,11-13,19H2,1-4H3/t17-/m1/s1. The maximum Gasteiger partial charge on any atom is 0.0369 e. The first-order chi connectivity index (χ1) is 9.41. The van der Waals surface area contributed by atoms with E-state index in [1.54, 1.807) is 5.57 Å². The van der Waals surface area contributed by atoms with Crippen LogP contribution in [0.5, 0.6) is 0 Å². The molecule has 0 bridgehead atoms. The highest BCUT2D eigenvalue weighted by molar-refractivity contribution is 5.50. The van der Waals surface area contributed by atoms with E-state index in [0.29, 0.717) is 5.41 Å². The molecule has 0 radical (unpaired) electrons. The van der Waals surface area contributed by atoms with Crippen LogP contribution in [0.4, 0.5) is 5.69 Å². The van der Waals surface area contributed by atoms with Crippen LogP contribution in [-0.4, -0.2) is 13.1 Å². The zero-order valence-electron chi connectivity index (χ0n) is 13.3. The molecule has 0 aliphatic carbocycles. The van der Waals surface area contributed by atoms with E-state index < -0.39 is 0 Å². The molecule has 1 aromatic carbocycles. The molecule has 1 aliphatic heterocycles. The van der Waals surface area contributed by atoms with Crippen LogP contribution in [0.25, 0.3) is 0 Å². The summed E-state index contributed by atoms with van der Waals surface area (Å²) in [5, 5.41) is 0. The van der Waals surface area contributed by atoms with Gasteiger partial charge in [-0.25, -0.2) is 0 Å². The van der Waals surface area contributed by atoms with E-state index in [-0.39, 0.29) is 6.04 Å². The summed E-state index contributed by atoms with van der Waals surface area (Å²) in [6, 6.07) is 8.93. The van der Waals surface area contributed by atoms with Crippen molar-refractivity contribution < 1.29 is 0 Å². The lowest BCUT2D eigenvalue weighted by Gasteiger charge is -2.33. The minimum atomic E-state index is 0.165. The van der Waals surface area contributed by atoms with Gasteiger partial charge in [0.15, 0.2) is 0 Å². The Balaban J connectivity index is 2.06. The molecule has 2 rings (SSSR count). The van der Waals surface area contributed by atoms with Gasteiger partial charge in [-0.05, 0) is 36.0 Å². The van der Waals surface area contributed by atoms with Crippen molar-refractivity contribution in [3.05, 3.63) is 41.5 Å². The molecule has 2 heteroatoms. The summed E-state index contributed by atoms with van der Waals surface area (Å²) in [4.78, 5) is 2.44. The summed E-state index contributed by atoms with van der Waals surface area (Å²) in [7, 11) is 0. The smallest absolute Gasteiger partial charge is 0.0369 e. The van der Waals surface area contributed by atoms with E-state index in [9.17, 15) is 0 Å². The molecule has 0 unspecified atom stereocenters. The Bertz CT molecular complexity index is 465. The van der Waals surface area contributed by atoms with Crippen molar-refractivity contribution in [3.8, 4) is 0 Å². The molecule has 0 saturated heterocycles. The van der Waals surface area contributed by atoms with E-state index in [0.717, 1.165) is 19.5 Å². The summed E-state index contributed by atoms with van der Waals surface area (Å²) < 4.78 is 0.